The number of anilines is 3. The van der Waals surface area contributed by atoms with E-state index in [0.717, 1.165) is 60.2 Å². The molecule has 4 aromatic rings. The van der Waals surface area contributed by atoms with Crippen molar-refractivity contribution < 1.29 is 14.3 Å². The van der Waals surface area contributed by atoms with Crippen LogP contribution in [0.3, 0.4) is 0 Å². The lowest BCUT2D eigenvalue weighted by Gasteiger charge is -2.36. The highest BCUT2D eigenvalue weighted by Crippen LogP contribution is 2.29. The van der Waals surface area contributed by atoms with E-state index in [1.165, 1.54) is 0 Å². The number of carbonyl (C=O) groups excluding carboxylic acids is 2. The predicted octanol–water partition coefficient (Wildman–Crippen LogP) is 4.96. The molecular weight excluding hydrogens is 502 g/mol. The number of methoxy groups -OCH3 is 1. The van der Waals surface area contributed by atoms with Crippen molar-refractivity contribution in [2.45, 2.75) is 20.4 Å². The second kappa shape index (κ2) is 12.2. The fourth-order valence-corrected chi connectivity index (χ4v) is 5.18. The third kappa shape index (κ3) is 5.92. The van der Waals surface area contributed by atoms with Crippen molar-refractivity contribution in [3.05, 3.63) is 95.9 Å². The zero-order valence-electron chi connectivity index (χ0n) is 23.3. The van der Waals surface area contributed by atoms with Crippen molar-refractivity contribution >= 4 is 28.9 Å². The largest absolute Gasteiger partial charge is 0.383 e. The van der Waals surface area contributed by atoms with E-state index in [-0.39, 0.29) is 0 Å². The molecule has 0 aliphatic carbocycles. The van der Waals surface area contributed by atoms with Gasteiger partial charge in [0, 0.05) is 68.2 Å². The van der Waals surface area contributed by atoms with Crippen molar-refractivity contribution in [3.8, 4) is 11.1 Å². The highest BCUT2D eigenvalue weighted by Gasteiger charge is 2.26. The minimum Gasteiger partial charge on any atom is -0.383 e. The van der Waals surface area contributed by atoms with Crippen LogP contribution in [0, 0.1) is 13.8 Å². The smallest absolute Gasteiger partial charge is 0.298 e. The number of nitrogens with zero attached hydrogens (tertiary/aromatic N) is 4. The lowest BCUT2D eigenvalue weighted by atomic mass is 10.0. The number of nitrogens with one attached hydrogen (secondary N) is 1. The van der Waals surface area contributed by atoms with Crippen molar-refractivity contribution in [1.29, 1.82) is 0 Å². The summed E-state index contributed by atoms with van der Waals surface area (Å²) in [6.07, 6.45) is 0. The van der Waals surface area contributed by atoms with E-state index in [1.807, 2.05) is 91.2 Å². The molecule has 2 aromatic heterocycles. The van der Waals surface area contributed by atoms with E-state index < -0.39 is 11.7 Å². The first-order chi connectivity index (χ1) is 19.4. The van der Waals surface area contributed by atoms with Gasteiger partial charge in [0.05, 0.1) is 6.61 Å². The number of ketones is 1. The predicted molar refractivity (Wildman–Crippen MR) is 159 cm³/mol. The van der Waals surface area contributed by atoms with Crippen molar-refractivity contribution in [3.63, 3.8) is 0 Å². The third-order valence-corrected chi connectivity index (χ3v) is 7.30. The van der Waals surface area contributed by atoms with Gasteiger partial charge in [0.25, 0.3) is 11.7 Å². The molecular formula is C32H35N5O3. The number of rotatable bonds is 9. The number of pyridine rings is 1. The molecule has 1 N–H and O–H groups in total. The second-order valence-electron chi connectivity index (χ2n) is 10.00. The quantitative estimate of drug-likeness (QED) is 0.240. The summed E-state index contributed by atoms with van der Waals surface area (Å²) >= 11 is 0. The average molecular weight is 538 g/mol. The van der Waals surface area contributed by atoms with Crippen LogP contribution < -0.4 is 15.1 Å². The maximum absolute atomic E-state index is 13.5. The zero-order chi connectivity index (χ0) is 28.1. The van der Waals surface area contributed by atoms with Gasteiger partial charge >= 0.3 is 0 Å². The number of hydrogen-bond acceptors (Lipinski definition) is 6. The number of amides is 1. The van der Waals surface area contributed by atoms with E-state index in [9.17, 15) is 9.59 Å². The number of ether oxygens (including phenoxy) is 1. The van der Waals surface area contributed by atoms with Crippen LogP contribution in [0.4, 0.5) is 17.2 Å². The average Bonchev–Trinajstić information content (AvgIpc) is 3.32. The molecule has 3 heterocycles. The minimum atomic E-state index is -0.666. The molecule has 0 saturated carbocycles. The number of aromatic nitrogens is 2. The molecule has 206 valence electrons. The first-order valence-corrected chi connectivity index (χ1v) is 13.6. The Labute approximate surface area is 235 Å². The van der Waals surface area contributed by atoms with Gasteiger partial charge < -0.3 is 24.4 Å². The molecule has 1 aliphatic rings. The maximum Gasteiger partial charge on any atom is 0.298 e. The Morgan fingerprint density at radius 1 is 0.875 bits per heavy atom. The highest BCUT2D eigenvalue weighted by atomic mass is 16.5. The highest BCUT2D eigenvalue weighted by molar-refractivity contribution is 6.47. The summed E-state index contributed by atoms with van der Waals surface area (Å²) in [5, 5.41) is 2.81. The number of piperazine rings is 1. The lowest BCUT2D eigenvalue weighted by Crippen LogP contribution is -2.46. The first-order valence-electron chi connectivity index (χ1n) is 13.6. The van der Waals surface area contributed by atoms with E-state index >= 15 is 0 Å². The molecule has 0 unspecified atom stereocenters. The molecule has 8 heteroatoms. The SMILES string of the molecule is COCCn1c(C)cc(-c2ccccc2)c1C(=O)C(=O)Nc1ccc(N2CCN(c3cccc(C)n3)CC2)cc1. The summed E-state index contributed by atoms with van der Waals surface area (Å²) in [6, 6.07) is 25.4. The topological polar surface area (TPSA) is 79.7 Å². The molecule has 2 aromatic carbocycles. The van der Waals surface area contributed by atoms with E-state index in [2.05, 4.69) is 26.2 Å². The molecule has 0 radical (unpaired) electrons. The molecule has 0 atom stereocenters. The fraction of sp³-hybridized carbons (Fsp3) is 0.281. The standard InChI is InChI=1S/C32H35N5O3/c1-23-8-7-11-29(33-23)36-18-16-35(17-19-36)27-14-12-26(13-15-27)34-32(39)31(38)30-28(25-9-5-4-6-10-25)22-24(2)37(30)20-21-40-3/h4-15,22H,16-21H2,1-3H3,(H,34,39). The number of hydrogen-bond donors (Lipinski definition) is 1. The molecule has 1 aliphatic heterocycles. The Hall–Kier alpha value is -4.43. The summed E-state index contributed by atoms with van der Waals surface area (Å²) in [5.74, 6) is -0.227. The van der Waals surface area contributed by atoms with Crippen LogP contribution in [0.25, 0.3) is 11.1 Å². The zero-order valence-corrected chi connectivity index (χ0v) is 23.3. The van der Waals surface area contributed by atoms with Crippen molar-refractivity contribution in [2.24, 2.45) is 0 Å². The van der Waals surface area contributed by atoms with Gasteiger partial charge in [-0.3, -0.25) is 9.59 Å². The van der Waals surface area contributed by atoms with Crippen LogP contribution in [0.2, 0.25) is 0 Å². The molecule has 40 heavy (non-hydrogen) atoms. The van der Waals surface area contributed by atoms with Gasteiger partial charge in [0.1, 0.15) is 11.5 Å². The molecule has 1 fully saturated rings. The molecule has 8 nitrogen and oxygen atoms in total. The van der Waals surface area contributed by atoms with Crippen LogP contribution in [0.5, 0.6) is 0 Å². The van der Waals surface area contributed by atoms with Crippen molar-refractivity contribution in [2.75, 3.05) is 55.0 Å². The number of carbonyl (C=O) groups is 2. The first kappa shape index (κ1) is 27.1. The second-order valence-corrected chi connectivity index (χ2v) is 10.00. The summed E-state index contributed by atoms with van der Waals surface area (Å²) in [4.78, 5) is 36.0. The van der Waals surface area contributed by atoms with Crippen molar-refractivity contribution in [1.82, 2.24) is 9.55 Å². The van der Waals surface area contributed by atoms with Crippen LogP contribution in [-0.2, 0) is 16.1 Å². The van der Waals surface area contributed by atoms with Gasteiger partial charge in [0.15, 0.2) is 0 Å². The van der Waals surface area contributed by atoms with Gasteiger partial charge in [-0.2, -0.15) is 0 Å². The normalized spacial score (nSPS) is 13.4. The molecule has 0 spiro atoms. The molecule has 1 saturated heterocycles. The van der Waals surface area contributed by atoms with Gasteiger partial charge in [-0.25, -0.2) is 4.98 Å². The summed E-state index contributed by atoms with van der Waals surface area (Å²) in [7, 11) is 1.62. The van der Waals surface area contributed by atoms with Crippen LogP contribution in [-0.4, -0.2) is 61.1 Å². The monoisotopic (exact) mass is 537 g/mol. The minimum absolute atomic E-state index is 0.371. The summed E-state index contributed by atoms with van der Waals surface area (Å²) in [5.41, 5.74) is 5.58. The summed E-state index contributed by atoms with van der Waals surface area (Å²) in [6.45, 7) is 8.38. The van der Waals surface area contributed by atoms with Gasteiger partial charge in [-0.1, -0.05) is 36.4 Å². The number of benzene rings is 2. The van der Waals surface area contributed by atoms with Crippen LogP contribution in [0.15, 0.2) is 78.9 Å². The van der Waals surface area contributed by atoms with E-state index in [4.69, 9.17) is 4.74 Å². The van der Waals surface area contributed by atoms with Gasteiger partial charge in [-0.15, -0.1) is 0 Å². The van der Waals surface area contributed by atoms with Gasteiger partial charge in [0.2, 0.25) is 0 Å². The Bertz CT molecular complexity index is 1470. The molecule has 5 rings (SSSR count). The Balaban J connectivity index is 1.27. The van der Waals surface area contributed by atoms with Crippen LogP contribution >= 0.6 is 0 Å². The van der Waals surface area contributed by atoms with Crippen LogP contribution in [0.1, 0.15) is 21.9 Å². The van der Waals surface area contributed by atoms with E-state index in [0.29, 0.717) is 24.5 Å². The van der Waals surface area contributed by atoms with Gasteiger partial charge in [-0.05, 0) is 61.9 Å². The molecule has 1 amide bonds. The fourth-order valence-electron chi connectivity index (χ4n) is 5.18. The number of Topliss-reactive ketones (excluding diaryl/α,β-unsaturated/α-hetero) is 1. The Morgan fingerprint density at radius 2 is 1.57 bits per heavy atom. The summed E-state index contributed by atoms with van der Waals surface area (Å²) < 4.78 is 7.12. The lowest BCUT2D eigenvalue weighted by molar-refractivity contribution is -0.112. The number of aryl methyl sites for hydroxylation is 2. The Kier molecular flexibility index (Phi) is 8.26. The third-order valence-electron chi connectivity index (χ3n) is 7.30. The van der Waals surface area contributed by atoms with E-state index in [1.54, 1.807) is 7.11 Å². The maximum atomic E-state index is 13.5. The molecule has 0 bridgehead atoms. The Morgan fingerprint density at radius 3 is 2.25 bits per heavy atom.